The van der Waals surface area contributed by atoms with Crippen LogP contribution in [0.4, 0.5) is 5.69 Å². The SMILES string of the molecule is CC(C)C[C@H]1N(I)Cc2ccccc2N1C. The van der Waals surface area contributed by atoms with Crippen LogP contribution in [0.1, 0.15) is 25.8 Å². The monoisotopic (exact) mass is 330 g/mol. The third-order valence-electron chi connectivity index (χ3n) is 3.15. The zero-order valence-corrected chi connectivity index (χ0v) is 12.3. The molecule has 16 heavy (non-hydrogen) atoms. The van der Waals surface area contributed by atoms with Gasteiger partial charge < -0.3 is 4.90 Å². The number of anilines is 1. The Labute approximate surface area is 112 Å². The summed E-state index contributed by atoms with van der Waals surface area (Å²) < 4.78 is 2.42. The molecule has 88 valence electrons. The lowest BCUT2D eigenvalue weighted by Crippen LogP contribution is -2.46. The van der Waals surface area contributed by atoms with E-state index in [1.807, 2.05) is 0 Å². The van der Waals surface area contributed by atoms with Gasteiger partial charge in [-0.25, -0.2) is 3.11 Å². The van der Waals surface area contributed by atoms with Gasteiger partial charge in [-0.3, -0.25) is 0 Å². The van der Waals surface area contributed by atoms with Gasteiger partial charge in [-0.1, -0.05) is 32.0 Å². The van der Waals surface area contributed by atoms with Gasteiger partial charge >= 0.3 is 0 Å². The van der Waals surface area contributed by atoms with Gasteiger partial charge in [-0.05, 0) is 24.0 Å². The first-order valence-electron chi connectivity index (χ1n) is 5.82. The number of fused-ring (bicyclic) bond motifs is 1. The van der Waals surface area contributed by atoms with Crippen LogP contribution in [0.3, 0.4) is 0 Å². The summed E-state index contributed by atoms with van der Waals surface area (Å²) in [6.07, 6.45) is 1.74. The van der Waals surface area contributed by atoms with Gasteiger partial charge in [-0.15, -0.1) is 0 Å². The lowest BCUT2D eigenvalue weighted by atomic mass is 10.0. The van der Waals surface area contributed by atoms with Gasteiger partial charge in [0, 0.05) is 42.1 Å². The van der Waals surface area contributed by atoms with Crippen molar-refractivity contribution in [3.63, 3.8) is 0 Å². The van der Waals surface area contributed by atoms with E-state index in [0.29, 0.717) is 6.17 Å². The first-order chi connectivity index (χ1) is 7.59. The molecule has 0 amide bonds. The Hall–Kier alpha value is -0.290. The first-order valence-corrected chi connectivity index (χ1v) is 6.79. The smallest absolute Gasteiger partial charge is 0.0910 e. The Morgan fingerprint density at radius 1 is 1.38 bits per heavy atom. The summed E-state index contributed by atoms with van der Waals surface area (Å²) in [5.74, 6) is 0.731. The average molecular weight is 330 g/mol. The van der Waals surface area contributed by atoms with E-state index in [1.54, 1.807) is 0 Å². The minimum absolute atomic E-state index is 0.524. The zero-order chi connectivity index (χ0) is 11.7. The molecule has 0 saturated heterocycles. The number of benzene rings is 1. The third kappa shape index (κ3) is 2.35. The molecule has 0 radical (unpaired) electrons. The molecule has 0 bridgehead atoms. The molecule has 0 spiro atoms. The Bertz CT molecular complexity index is 365. The summed E-state index contributed by atoms with van der Waals surface area (Å²) in [4.78, 5) is 2.41. The van der Waals surface area contributed by atoms with Crippen LogP contribution in [-0.2, 0) is 6.54 Å². The highest BCUT2D eigenvalue weighted by molar-refractivity contribution is 14.1. The second-order valence-corrected chi connectivity index (χ2v) is 6.15. The summed E-state index contributed by atoms with van der Waals surface area (Å²) >= 11 is 2.46. The number of para-hydroxylation sites is 1. The van der Waals surface area contributed by atoms with E-state index in [2.05, 4.69) is 76.0 Å². The van der Waals surface area contributed by atoms with Crippen LogP contribution >= 0.6 is 22.9 Å². The van der Waals surface area contributed by atoms with Crippen molar-refractivity contribution in [2.45, 2.75) is 33.0 Å². The van der Waals surface area contributed by atoms with E-state index in [-0.39, 0.29) is 0 Å². The predicted octanol–water partition coefficient (Wildman–Crippen LogP) is 3.66. The lowest BCUT2D eigenvalue weighted by Gasteiger charge is -2.42. The summed E-state index contributed by atoms with van der Waals surface area (Å²) in [6.45, 7) is 5.64. The van der Waals surface area contributed by atoms with Crippen LogP contribution in [0.15, 0.2) is 24.3 Å². The average Bonchev–Trinajstić information content (AvgIpc) is 2.24. The molecular formula is C13H19IN2. The van der Waals surface area contributed by atoms with Crippen molar-refractivity contribution in [2.24, 2.45) is 5.92 Å². The van der Waals surface area contributed by atoms with Gasteiger partial charge in [-0.2, -0.15) is 0 Å². The fraction of sp³-hybridized carbons (Fsp3) is 0.538. The molecule has 2 nitrogen and oxygen atoms in total. The summed E-state index contributed by atoms with van der Waals surface area (Å²) in [5.41, 5.74) is 2.82. The predicted molar refractivity (Wildman–Crippen MR) is 77.7 cm³/mol. The highest BCUT2D eigenvalue weighted by atomic mass is 127. The minimum Gasteiger partial charge on any atom is -0.358 e. The van der Waals surface area contributed by atoms with Crippen molar-refractivity contribution in [1.82, 2.24) is 3.11 Å². The summed E-state index contributed by atoms with van der Waals surface area (Å²) in [5, 5.41) is 0. The van der Waals surface area contributed by atoms with Crippen molar-refractivity contribution in [2.75, 3.05) is 11.9 Å². The molecule has 3 heteroatoms. The van der Waals surface area contributed by atoms with Crippen LogP contribution in [0, 0.1) is 5.92 Å². The van der Waals surface area contributed by atoms with E-state index in [9.17, 15) is 0 Å². The van der Waals surface area contributed by atoms with Crippen molar-refractivity contribution < 1.29 is 0 Å². The molecule has 0 fully saturated rings. The lowest BCUT2D eigenvalue weighted by molar-refractivity contribution is 0.304. The van der Waals surface area contributed by atoms with E-state index in [4.69, 9.17) is 0 Å². The molecular weight excluding hydrogens is 311 g/mol. The maximum absolute atomic E-state index is 2.46. The largest absolute Gasteiger partial charge is 0.358 e. The zero-order valence-electron chi connectivity index (χ0n) is 10.2. The fourth-order valence-electron chi connectivity index (χ4n) is 2.30. The van der Waals surface area contributed by atoms with Crippen LogP contribution in [0.2, 0.25) is 0 Å². The molecule has 0 aliphatic carbocycles. The molecule has 0 aromatic heterocycles. The van der Waals surface area contributed by atoms with Crippen molar-refractivity contribution >= 4 is 28.6 Å². The topological polar surface area (TPSA) is 6.48 Å². The van der Waals surface area contributed by atoms with Crippen LogP contribution in [0.25, 0.3) is 0 Å². The highest BCUT2D eigenvalue weighted by Crippen LogP contribution is 2.33. The van der Waals surface area contributed by atoms with Gasteiger partial charge in [0.05, 0.1) is 6.17 Å². The standard InChI is InChI=1S/C13H19IN2/c1-10(2)8-13-15(3)12-7-5-4-6-11(12)9-16(13)14/h4-7,10,13H,8-9H2,1-3H3/t13-/m1/s1. The highest BCUT2D eigenvalue weighted by Gasteiger charge is 2.28. The Kier molecular flexibility index (Phi) is 3.74. The van der Waals surface area contributed by atoms with E-state index < -0.39 is 0 Å². The van der Waals surface area contributed by atoms with E-state index in [1.165, 1.54) is 17.7 Å². The fourth-order valence-corrected chi connectivity index (χ4v) is 3.27. The Balaban J connectivity index is 2.26. The van der Waals surface area contributed by atoms with Gasteiger partial charge in [0.15, 0.2) is 0 Å². The third-order valence-corrected chi connectivity index (χ3v) is 4.13. The van der Waals surface area contributed by atoms with Gasteiger partial charge in [0.1, 0.15) is 0 Å². The molecule has 2 rings (SSSR count). The van der Waals surface area contributed by atoms with Crippen molar-refractivity contribution in [3.8, 4) is 0 Å². The second-order valence-electron chi connectivity index (χ2n) is 4.91. The second kappa shape index (κ2) is 4.92. The molecule has 1 aromatic carbocycles. The van der Waals surface area contributed by atoms with Crippen molar-refractivity contribution in [1.29, 1.82) is 0 Å². The quantitative estimate of drug-likeness (QED) is 0.603. The van der Waals surface area contributed by atoms with Crippen molar-refractivity contribution in [3.05, 3.63) is 29.8 Å². The summed E-state index contributed by atoms with van der Waals surface area (Å²) in [7, 11) is 2.21. The Morgan fingerprint density at radius 2 is 2.06 bits per heavy atom. The molecule has 1 heterocycles. The number of halogens is 1. The first kappa shape index (κ1) is 12.2. The van der Waals surface area contributed by atoms with Crippen LogP contribution in [0.5, 0.6) is 0 Å². The molecule has 1 aliphatic rings. The molecule has 1 atom stereocenters. The molecule has 1 aliphatic heterocycles. The normalized spacial score (nSPS) is 21.3. The minimum atomic E-state index is 0.524. The number of hydrogen-bond donors (Lipinski definition) is 0. The van der Waals surface area contributed by atoms with Crippen LogP contribution < -0.4 is 4.90 Å². The number of rotatable bonds is 2. The Morgan fingerprint density at radius 3 is 2.75 bits per heavy atom. The number of hydrogen-bond acceptors (Lipinski definition) is 2. The molecule has 1 aromatic rings. The maximum atomic E-state index is 2.46. The van der Waals surface area contributed by atoms with Crippen LogP contribution in [-0.4, -0.2) is 16.3 Å². The van der Waals surface area contributed by atoms with Gasteiger partial charge in [0.25, 0.3) is 0 Å². The van der Waals surface area contributed by atoms with E-state index >= 15 is 0 Å². The molecule has 0 unspecified atom stereocenters. The van der Waals surface area contributed by atoms with Gasteiger partial charge in [0.2, 0.25) is 0 Å². The molecule has 0 saturated carbocycles. The number of nitrogens with zero attached hydrogens (tertiary/aromatic N) is 2. The summed E-state index contributed by atoms with van der Waals surface area (Å²) in [6, 6.07) is 8.71. The maximum Gasteiger partial charge on any atom is 0.0910 e. The van der Waals surface area contributed by atoms with E-state index in [0.717, 1.165) is 12.5 Å². The molecule has 0 N–H and O–H groups in total.